The SMILES string of the molecule is O=Cc1ccc(Cl)c(-c2ccc(C(F)(F)F)cc2)c1. The minimum atomic E-state index is -4.37. The molecular weight excluding hydrogens is 277 g/mol. The molecule has 0 aliphatic rings. The molecule has 0 aromatic heterocycles. The molecule has 0 aliphatic carbocycles. The van der Waals surface area contributed by atoms with E-state index in [9.17, 15) is 18.0 Å². The van der Waals surface area contributed by atoms with Gasteiger partial charge in [-0.1, -0.05) is 29.8 Å². The maximum Gasteiger partial charge on any atom is 0.416 e. The molecule has 2 rings (SSSR count). The molecule has 2 aromatic rings. The van der Waals surface area contributed by atoms with Gasteiger partial charge in [0.1, 0.15) is 6.29 Å². The summed E-state index contributed by atoms with van der Waals surface area (Å²) in [5, 5.41) is 0.380. The van der Waals surface area contributed by atoms with Gasteiger partial charge in [-0.25, -0.2) is 0 Å². The lowest BCUT2D eigenvalue weighted by Gasteiger charge is -2.09. The van der Waals surface area contributed by atoms with Crippen LogP contribution >= 0.6 is 11.6 Å². The number of benzene rings is 2. The third-order valence-electron chi connectivity index (χ3n) is 2.65. The maximum atomic E-state index is 12.4. The van der Waals surface area contributed by atoms with Gasteiger partial charge in [-0.2, -0.15) is 13.2 Å². The Morgan fingerprint density at radius 1 is 1.00 bits per heavy atom. The minimum absolute atomic E-state index is 0.380. The monoisotopic (exact) mass is 284 g/mol. The molecule has 0 spiro atoms. The third-order valence-corrected chi connectivity index (χ3v) is 2.98. The van der Waals surface area contributed by atoms with E-state index in [-0.39, 0.29) is 0 Å². The van der Waals surface area contributed by atoms with Crippen molar-refractivity contribution in [2.24, 2.45) is 0 Å². The van der Waals surface area contributed by atoms with Gasteiger partial charge in [0, 0.05) is 16.1 Å². The van der Waals surface area contributed by atoms with Crippen LogP contribution in [0.4, 0.5) is 13.2 Å². The molecule has 0 bridgehead atoms. The van der Waals surface area contributed by atoms with Crippen molar-refractivity contribution in [1.82, 2.24) is 0 Å². The number of hydrogen-bond donors (Lipinski definition) is 0. The molecular formula is C14H8ClF3O. The summed E-state index contributed by atoms with van der Waals surface area (Å²) in [7, 11) is 0. The minimum Gasteiger partial charge on any atom is -0.298 e. The average Bonchev–Trinajstić information content (AvgIpc) is 2.38. The lowest BCUT2D eigenvalue weighted by molar-refractivity contribution is -0.137. The van der Waals surface area contributed by atoms with Crippen LogP contribution in [0.5, 0.6) is 0 Å². The molecule has 0 fully saturated rings. The van der Waals surface area contributed by atoms with E-state index in [4.69, 9.17) is 11.6 Å². The molecule has 0 saturated heterocycles. The van der Waals surface area contributed by atoms with Crippen LogP contribution in [0.25, 0.3) is 11.1 Å². The first kappa shape index (κ1) is 13.6. The van der Waals surface area contributed by atoms with Crippen molar-refractivity contribution in [1.29, 1.82) is 0 Å². The Labute approximate surface area is 112 Å². The van der Waals surface area contributed by atoms with Gasteiger partial charge in [-0.15, -0.1) is 0 Å². The van der Waals surface area contributed by atoms with Crippen LogP contribution < -0.4 is 0 Å². The Hall–Kier alpha value is -1.81. The van der Waals surface area contributed by atoms with Crippen molar-refractivity contribution in [3.8, 4) is 11.1 Å². The fraction of sp³-hybridized carbons (Fsp3) is 0.0714. The lowest BCUT2D eigenvalue weighted by Crippen LogP contribution is -2.04. The number of aldehydes is 1. The average molecular weight is 285 g/mol. The molecule has 0 heterocycles. The number of hydrogen-bond acceptors (Lipinski definition) is 1. The Balaban J connectivity index is 2.45. The van der Waals surface area contributed by atoms with Crippen molar-refractivity contribution >= 4 is 17.9 Å². The molecule has 98 valence electrons. The Morgan fingerprint density at radius 3 is 2.16 bits per heavy atom. The first-order valence-corrected chi connectivity index (χ1v) is 5.72. The molecule has 0 saturated carbocycles. The normalized spacial score (nSPS) is 11.4. The summed E-state index contributed by atoms with van der Waals surface area (Å²) in [6.45, 7) is 0. The van der Waals surface area contributed by atoms with E-state index in [1.165, 1.54) is 24.3 Å². The zero-order valence-electron chi connectivity index (χ0n) is 9.54. The fourth-order valence-electron chi connectivity index (χ4n) is 1.68. The van der Waals surface area contributed by atoms with E-state index in [0.29, 0.717) is 28.0 Å². The highest BCUT2D eigenvalue weighted by Gasteiger charge is 2.30. The molecule has 5 heteroatoms. The van der Waals surface area contributed by atoms with Crippen LogP contribution in [-0.2, 0) is 6.18 Å². The largest absolute Gasteiger partial charge is 0.416 e. The van der Waals surface area contributed by atoms with E-state index in [0.717, 1.165) is 12.1 Å². The number of carbonyl (C=O) groups is 1. The van der Waals surface area contributed by atoms with E-state index in [2.05, 4.69) is 0 Å². The topological polar surface area (TPSA) is 17.1 Å². The van der Waals surface area contributed by atoms with Gasteiger partial charge in [-0.3, -0.25) is 4.79 Å². The first-order valence-electron chi connectivity index (χ1n) is 5.34. The summed E-state index contributed by atoms with van der Waals surface area (Å²) in [6.07, 6.45) is -3.71. The molecule has 0 radical (unpaired) electrons. The Bertz CT molecular complexity index is 603. The fourth-order valence-corrected chi connectivity index (χ4v) is 1.90. The van der Waals surface area contributed by atoms with Crippen LogP contribution in [0.15, 0.2) is 42.5 Å². The van der Waals surface area contributed by atoms with E-state index in [1.54, 1.807) is 6.07 Å². The molecule has 0 N–H and O–H groups in total. The Kier molecular flexibility index (Phi) is 3.62. The highest BCUT2D eigenvalue weighted by molar-refractivity contribution is 6.33. The summed E-state index contributed by atoms with van der Waals surface area (Å²) in [5.74, 6) is 0. The molecule has 19 heavy (non-hydrogen) atoms. The summed E-state index contributed by atoms with van der Waals surface area (Å²) in [6, 6.07) is 9.26. The van der Waals surface area contributed by atoms with Crippen molar-refractivity contribution in [2.75, 3.05) is 0 Å². The lowest BCUT2D eigenvalue weighted by atomic mass is 10.0. The smallest absolute Gasteiger partial charge is 0.298 e. The summed E-state index contributed by atoms with van der Waals surface area (Å²) >= 11 is 5.98. The van der Waals surface area contributed by atoms with Gasteiger partial charge in [0.25, 0.3) is 0 Å². The molecule has 2 aromatic carbocycles. The molecule has 1 nitrogen and oxygen atoms in total. The van der Waals surface area contributed by atoms with Gasteiger partial charge in [-0.05, 0) is 29.8 Å². The molecule has 0 amide bonds. The number of alkyl halides is 3. The van der Waals surface area contributed by atoms with Gasteiger partial charge < -0.3 is 0 Å². The summed E-state index contributed by atoms with van der Waals surface area (Å²) < 4.78 is 37.3. The summed E-state index contributed by atoms with van der Waals surface area (Å²) in [5.41, 5.74) is 0.750. The standard InChI is InChI=1S/C14H8ClF3O/c15-13-6-1-9(8-19)7-12(13)10-2-4-11(5-3-10)14(16,17)18/h1-8H. The molecule has 0 unspecified atom stereocenters. The van der Waals surface area contributed by atoms with E-state index < -0.39 is 11.7 Å². The van der Waals surface area contributed by atoms with Crippen LogP contribution in [0.3, 0.4) is 0 Å². The number of halogens is 4. The quantitative estimate of drug-likeness (QED) is 0.721. The number of rotatable bonds is 2. The molecule has 0 atom stereocenters. The van der Waals surface area contributed by atoms with Crippen molar-refractivity contribution in [3.63, 3.8) is 0 Å². The first-order chi connectivity index (χ1) is 8.91. The second-order valence-electron chi connectivity index (χ2n) is 3.93. The second-order valence-corrected chi connectivity index (χ2v) is 4.34. The van der Waals surface area contributed by atoms with Gasteiger partial charge >= 0.3 is 6.18 Å². The maximum absolute atomic E-state index is 12.4. The Morgan fingerprint density at radius 2 is 1.63 bits per heavy atom. The second kappa shape index (κ2) is 5.05. The van der Waals surface area contributed by atoms with Crippen LogP contribution in [0, 0.1) is 0 Å². The van der Waals surface area contributed by atoms with Crippen molar-refractivity contribution in [2.45, 2.75) is 6.18 Å². The van der Waals surface area contributed by atoms with E-state index in [1.807, 2.05) is 0 Å². The predicted octanol–water partition coefficient (Wildman–Crippen LogP) is 4.84. The number of carbonyl (C=O) groups excluding carboxylic acids is 1. The highest BCUT2D eigenvalue weighted by Crippen LogP contribution is 2.33. The van der Waals surface area contributed by atoms with Crippen LogP contribution in [0.1, 0.15) is 15.9 Å². The zero-order valence-corrected chi connectivity index (χ0v) is 10.3. The molecule has 0 aliphatic heterocycles. The van der Waals surface area contributed by atoms with Crippen molar-refractivity contribution < 1.29 is 18.0 Å². The third kappa shape index (κ3) is 2.96. The van der Waals surface area contributed by atoms with E-state index >= 15 is 0 Å². The van der Waals surface area contributed by atoms with Gasteiger partial charge in [0.15, 0.2) is 0 Å². The van der Waals surface area contributed by atoms with Crippen LogP contribution in [0.2, 0.25) is 5.02 Å². The van der Waals surface area contributed by atoms with Crippen LogP contribution in [-0.4, -0.2) is 6.29 Å². The predicted molar refractivity (Wildman–Crippen MR) is 67.3 cm³/mol. The van der Waals surface area contributed by atoms with Gasteiger partial charge in [0.2, 0.25) is 0 Å². The highest BCUT2D eigenvalue weighted by atomic mass is 35.5. The van der Waals surface area contributed by atoms with Crippen molar-refractivity contribution in [3.05, 3.63) is 58.6 Å². The zero-order chi connectivity index (χ0) is 14.0. The summed E-state index contributed by atoms with van der Waals surface area (Å²) in [4.78, 5) is 10.7. The van der Waals surface area contributed by atoms with Gasteiger partial charge in [0.05, 0.1) is 5.56 Å².